The van der Waals surface area contributed by atoms with E-state index in [1.54, 1.807) is 12.1 Å². The Kier molecular flexibility index (Phi) is 7.16. The first kappa shape index (κ1) is 24.2. The van der Waals surface area contributed by atoms with Gasteiger partial charge in [-0.3, -0.25) is 4.79 Å². The molecule has 36 heavy (non-hydrogen) atoms. The van der Waals surface area contributed by atoms with Crippen LogP contribution in [0.1, 0.15) is 24.0 Å². The molecule has 0 saturated carbocycles. The summed E-state index contributed by atoms with van der Waals surface area (Å²) in [5.41, 5.74) is 2.11. The van der Waals surface area contributed by atoms with Crippen LogP contribution in [0, 0.1) is 5.92 Å². The van der Waals surface area contributed by atoms with Gasteiger partial charge in [0.05, 0.1) is 10.8 Å². The van der Waals surface area contributed by atoms with Crippen molar-refractivity contribution in [1.82, 2.24) is 9.21 Å². The first-order valence-corrected chi connectivity index (χ1v) is 13.8. The summed E-state index contributed by atoms with van der Waals surface area (Å²) in [7, 11) is -3.70. The Morgan fingerprint density at radius 2 is 1.36 bits per heavy atom. The second-order valence-electron chi connectivity index (χ2n) is 9.38. The molecular formula is C30H30N2O3S. The van der Waals surface area contributed by atoms with Crippen molar-refractivity contribution >= 4 is 26.7 Å². The van der Waals surface area contributed by atoms with Crippen LogP contribution in [-0.4, -0.2) is 36.6 Å². The number of piperidine rings is 1. The van der Waals surface area contributed by atoms with Crippen LogP contribution >= 0.6 is 0 Å². The first-order valence-electron chi connectivity index (χ1n) is 12.4. The van der Waals surface area contributed by atoms with Crippen LogP contribution in [0.4, 0.5) is 0 Å². The largest absolute Gasteiger partial charge is 0.334 e. The van der Waals surface area contributed by atoms with Gasteiger partial charge in [0.1, 0.15) is 0 Å². The molecule has 1 aliphatic rings. The van der Waals surface area contributed by atoms with Gasteiger partial charge in [-0.25, -0.2) is 8.42 Å². The molecule has 1 atom stereocenters. The average molecular weight is 499 g/mol. The number of carbonyl (C=O) groups is 1. The molecule has 184 valence electrons. The molecule has 0 aliphatic carbocycles. The first-order chi connectivity index (χ1) is 17.5. The smallest absolute Gasteiger partial charge is 0.243 e. The highest BCUT2D eigenvalue weighted by Gasteiger charge is 2.35. The van der Waals surface area contributed by atoms with Crippen molar-refractivity contribution in [3.05, 3.63) is 114 Å². The summed E-state index contributed by atoms with van der Waals surface area (Å²) in [6.45, 7) is 1.61. The Morgan fingerprint density at radius 1 is 0.778 bits per heavy atom. The van der Waals surface area contributed by atoms with Crippen LogP contribution in [0.25, 0.3) is 10.8 Å². The highest BCUT2D eigenvalue weighted by atomic mass is 32.2. The fourth-order valence-corrected chi connectivity index (χ4v) is 6.48. The van der Waals surface area contributed by atoms with Crippen LogP contribution in [0.2, 0.25) is 0 Å². The number of nitrogens with zero attached hydrogens (tertiary/aromatic N) is 2. The summed E-state index contributed by atoms with van der Waals surface area (Å²) in [6.07, 6.45) is 1.34. The Morgan fingerprint density at radius 3 is 2.00 bits per heavy atom. The Hall–Kier alpha value is -3.48. The number of rotatable bonds is 7. The van der Waals surface area contributed by atoms with Gasteiger partial charge >= 0.3 is 0 Å². The van der Waals surface area contributed by atoms with E-state index in [1.165, 1.54) is 4.31 Å². The maximum atomic E-state index is 13.8. The molecule has 1 saturated heterocycles. The lowest BCUT2D eigenvalue weighted by Gasteiger charge is -2.34. The van der Waals surface area contributed by atoms with Crippen molar-refractivity contribution in [2.75, 3.05) is 13.1 Å². The van der Waals surface area contributed by atoms with E-state index in [-0.39, 0.29) is 23.3 Å². The monoisotopic (exact) mass is 498 g/mol. The van der Waals surface area contributed by atoms with Gasteiger partial charge in [0.2, 0.25) is 15.9 Å². The third-order valence-electron chi connectivity index (χ3n) is 6.84. The molecule has 5 nitrogen and oxygen atoms in total. The quantitative estimate of drug-likeness (QED) is 0.340. The van der Waals surface area contributed by atoms with E-state index in [0.717, 1.165) is 21.9 Å². The van der Waals surface area contributed by atoms with Gasteiger partial charge in [-0.2, -0.15) is 4.31 Å². The topological polar surface area (TPSA) is 57.7 Å². The Bertz CT molecular complexity index is 1400. The van der Waals surface area contributed by atoms with E-state index in [9.17, 15) is 13.2 Å². The molecule has 0 aromatic heterocycles. The molecule has 0 spiro atoms. The van der Waals surface area contributed by atoms with Crippen LogP contribution in [0.15, 0.2) is 108 Å². The van der Waals surface area contributed by atoms with Crippen molar-refractivity contribution in [2.24, 2.45) is 5.92 Å². The van der Waals surface area contributed by atoms with E-state index >= 15 is 0 Å². The van der Waals surface area contributed by atoms with E-state index in [2.05, 4.69) is 0 Å². The molecule has 1 heterocycles. The van der Waals surface area contributed by atoms with Crippen molar-refractivity contribution < 1.29 is 13.2 Å². The molecule has 4 aromatic rings. The fourth-order valence-electron chi connectivity index (χ4n) is 4.92. The molecule has 1 fully saturated rings. The predicted molar refractivity (Wildman–Crippen MR) is 143 cm³/mol. The van der Waals surface area contributed by atoms with Gasteiger partial charge in [0.25, 0.3) is 0 Å². The zero-order valence-electron chi connectivity index (χ0n) is 20.2. The fraction of sp³-hybridized carbons (Fsp3) is 0.233. The SMILES string of the molecule is O=C(C1CCCN(S(=O)(=O)c2ccc3ccccc3c2)C1)N(Cc1ccccc1)Cc1ccccc1. The van der Waals surface area contributed by atoms with Crippen molar-refractivity contribution in [3.63, 3.8) is 0 Å². The molecule has 0 N–H and O–H groups in total. The lowest BCUT2D eigenvalue weighted by Crippen LogP contribution is -2.46. The highest BCUT2D eigenvalue weighted by Crippen LogP contribution is 2.28. The van der Waals surface area contributed by atoms with Gasteiger partial charge in [0.15, 0.2) is 0 Å². The minimum Gasteiger partial charge on any atom is -0.334 e. The number of hydrogen-bond donors (Lipinski definition) is 0. The zero-order chi connectivity index (χ0) is 25.0. The van der Waals surface area contributed by atoms with Crippen LogP contribution < -0.4 is 0 Å². The van der Waals surface area contributed by atoms with Gasteiger partial charge in [-0.1, -0.05) is 91.0 Å². The molecule has 1 aliphatic heterocycles. The summed E-state index contributed by atoms with van der Waals surface area (Å²) >= 11 is 0. The Labute approximate surface area is 213 Å². The second-order valence-corrected chi connectivity index (χ2v) is 11.3. The molecule has 1 amide bonds. The van der Waals surface area contributed by atoms with E-state index < -0.39 is 10.0 Å². The minimum atomic E-state index is -3.70. The van der Waals surface area contributed by atoms with Gasteiger partial charge < -0.3 is 4.90 Å². The summed E-state index contributed by atoms with van der Waals surface area (Å²) in [6, 6.07) is 32.8. The number of sulfonamides is 1. The van der Waals surface area contributed by atoms with Gasteiger partial charge in [0, 0.05) is 26.2 Å². The third kappa shape index (κ3) is 5.35. The number of fused-ring (bicyclic) bond motifs is 1. The molecule has 1 unspecified atom stereocenters. The molecule has 6 heteroatoms. The summed E-state index contributed by atoms with van der Waals surface area (Å²) in [4.78, 5) is 15.9. The van der Waals surface area contributed by atoms with E-state index in [0.29, 0.717) is 32.5 Å². The standard InChI is InChI=1S/C30H30N2O3S/c33-30(31(21-24-10-3-1-4-11-24)22-25-12-5-2-6-13-25)28-16-9-19-32(23-28)36(34,35)29-18-17-26-14-7-8-15-27(26)20-29/h1-8,10-15,17-18,20,28H,9,16,19,21-23H2. The maximum absolute atomic E-state index is 13.8. The molecular weight excluding hydrogens is 468 g/mol. The highest BCUT2D eigenvalue weighted by molar-refractivity contribution is 7.89. The summed E-state index contributed by atoms with van der Waals surface area (Å²) < 4.78 is 28.6. The maximum Gasteiger partial charge on any atom is 0.243 e. The van der Waals surface area contributed by atoms with Gasteiger partial charge in [-0.05, 0) is 46.9 Å². The van der Waals surface area contributed by atoms with Crippen LogP contribution in [0.5, 0.6) is 0 Å². The molecule has 0 radical (unpaired) electrons. The van der Waals surface area contributed by atoms with Crippen LogP contribution in [-0.2, 0) is 27.9 Å². The van der Waals surface area contributed by atoms with E-state index in [4.69, 9.17) is 0 Å². The minimum absolute atomic E-state index is 0.00103. The molecule has 5 rings (SSSR count). The summed E-state index contributed by atoms with van der Waals surface area (Å²) in [5.74, 6) is -0.373. The number of carbonyl (C=O) groups excluding carboxylic acids is 1. The molecule has 0 bridgehead atoms. The summed E-state index contributed by atoms with van der Waals surface area (Å²) in [5, 5.41) is 1.89. The van der Waals surface area contributed by atoms with Crippen molar-refractivity contribution in [3.8, 4) is 0 Å². The zero-order valence-corrected chi connectivity index (χ0v) is 21.0. The van der Waals surface area contributed by atoms with Crippen molar-refractivity contribution in [2.45, 2.75) is 30.8 Å². The van der Waals surface area contributed by atoms with Crippen LogP contribution in [0.3, 0.4) is 0 Å². The van der Waals surface area contributed by atoms with Crippen molar-refractivity contribution in [1.29, 1.82) is 0 Å². The lowest BCUT2D eigenvalue weighted by molar-refractivity contribution is -0.138. The van der Waals surface area contributed by atoms with E-state index in [1.807, 2.05) is 95.9 Å². The van der Waals surface area contributed by atoms with Gasteiger partial charge in [-0.15, -0.1) is 0 Å². The Balaban J connectivity index is 1.37. The lowest BCUT2D eigenvalue weighted by atomic mass is 9.97. The third-order valence-corrected chi connectivity index (χ3v) is 8.70. The average Bonchev–Trinajstić information content (AvgIpc) is 2.93. The number of amides is 1. The number of benzene rings is 4. The predicted octanol–water partition coefficient (Wildman–Crippen LogP) is 5.47. The second kappa shape index (κ2) is 10.6. The normalized spacial score (nSPS) is 16.6. The molecule has 4 aromatic carbocycles. The number of hydrogen-bond acceptors (Lipinski definition) is 3.